The van der Waals surface area contributed by atoms with Crippen LogP contribution in [0.25, 0.3) is 0 Å². The van der Waals surface area contributed by atoms with Crippen LogP contribution in [0.4, 0.5) is 13.2 Å². The van der Waals surface area contributed by atoms with Gasteiger partial charge in [0, 0.05) is 5.02 Å². The smallest absolute Gasteiger partial charge is 0.388 e. The lowest BCUT2D eigenvalue weighted by molar-refractivity contribution is -0.137. The van der Waals surface area contributed by atoms with Gasteiger partial charge in [-0.15, -0.1) is 0 Å². The van der Waals surface area contributed by atoms with Gasteiger partial charge in [0.05, 0.1) is 11.7 Å². The van der Waals surface area contributed by atoms with Gasteiger partial charge in [0.25, 0.3) is 0 Å². The molecule has 1 fully saturated rings. The van der Waals surface area contributed by atoms with E-state index >= 15 is 0 Å². The Balaban J connectivity index is 2.36. The second kappa shape index (κ2) is 3.93. The number of hydrogen-bond donors (Lipinski definition) is 1. The normalized spacial score (nSPS) is 18.6. The van der Waals surface area contributed by atoms with Crippen LogP contribution in [0.5, 0.6) is 0 Å². The zero-order chi connectivity index (χ0) is 11.9. The summed E-state index contributed by atoms with van der Waals surface area (Å²) in [5.74, 6) is 0.0565. The van der Waals surface area contributed by atoms with Crippen molar-refractivity contribution in [3.8, 4) is 0 Å². The first kappa shape index (κ1) is 11.7. The van der Waals surface area contributed by atoms with Crippen molar-refractivity contribution >= 4 is 11.6 Å². The highest BCUT2D eigenvalue weighted by Crippen LogP contribution is 2.44. The molecule has 0 spiro atoms. The van der Waals surface area contributed by atoms with Crippen LogP contribution in [0.1, 0.15) is 30.1 Å². The Morgan fingerprint density at radius 3 is 2.44 bits per heavy atom. The quantitative estimate of drug-likeness (QED) is 0.846. The zero-order valence-corrected chi connectivity index (χ0v) is 9.02. The molecule has 1 N–H and O–H groups in total. The van der Waals surface area contributed by atoms with Gasteiger partial charge in [-0.3, -0.25) is 0 Å². The van der Waals surface area contributed by atoms with E-state index in [0.29, 0.717) is 0 Å². The van der Waals surface area contributed by atoms with Crippen LogP contribution in [0.3, 0.4) is 0 Å². The van der Waals surface area contributed by atoms with Crippen LogP contribution in [-0.4, -0.2) is 5.11 Å². The molecular formula is C11H10ClF3O. The number of aliphatic hydroxyl groups excluding tert-OH is 1. The number of alkyl halides is 3. The molecule has 1 aliphatic carbocycles. The van der Waals surface area contributed by atoms with Crippen molar-refractivity contribution < 1.29 is 18.3 Å². The Labute approximate surface area is 95.8 Å². The summed E-state index contributed by atoms with van der Waals surface area (Å²) in [6.45, 7) is 0. The van der Waals surface area contributed by atoms with Crippen LogP contribution in [0.2, 0.25) is 5.02 Å². The van der Waals surface area contributed by atoms with E-state index in [1.54, 1.807) is 0 Å². The fraction of sp³-hybridized carbons (Fsp3) is 0.455. The zero-order valence-electron chi connectivity index (χ0n) is 8.26. The molecule has 88 valence electrons. The first-order valence-corrected chi connectivity index (χ1v) is 5.32. The maximum Gasteiger partial charge on any atom is 0.416 e. The van der Waals surface area contributed by atoms with E-state index in [-0.39, 0.29) is 16.5 Å². The molecule has 1 saturated carbocycles. The summed E-state index contributed by atoms with van der Waals surface area (Å²) in [7, 11) is 0. The predicted molar refractivity (Wildman–Crippen MR) is 54.1 cm³/mol. The van der Waals surface area contributed by atoms with Crippen LogP contribution in [0, 0.1) is 5.92 Å². The maximum atomic E-state index is 12.5. The number of rotatable bonds is 2. The minimum Gasteiger partial charge on any atom is -0.388 e. The minimum absolute atomic E-state index is 0.0565. The van der Waals surface area contributed by atoms with E-state index in [0.717, 1.165) is 25.0 Å². The molecule has 0 aliphatic heterocycles. The van der Waals surface area contributed by atoms with Gasteiger partial charge >= 0.3 is 6.18 Å². The lowest BCUT2D eigenvalue weighted by atomic mass is 10.0. The van der Waals surface area contributed by atoms with Crippen LogP contribution in [0.15, 0.2) is 18.2 Å². The molecule has 1 atom stereocenters. The van der Waals surface area contributed by atoms with Crippen molar-refractivity contribution in [2.24, 2.45) is 5.92 Å². The van der Waals surface area contributed by atoms with Gasteiger partial charge in [-0.25, -0.2) is 0 Å². The van der Waals surface area contributed by atoms with Gasteiger partial charge in [-0.05, 0) is 42.5 Å². The largest absolute Gasteiger partial charge is 0.416 e. The number of aliphatic hydroxyl groups is 1. The average Bonchev–Trinajstić information content (AvgIpc) is 2.98. The summed E-state index contributed by atoms with van der Waals surface area (Å²) in [5.41, 5.74) is -0.592. The monoisotopic (exact) mass is 250 g/mol. The molecule has 5 heteroatoms. The van der Waals surface area contributed by atoms with Gasteiger partial charge in [-0.2, -0.15) is 13.2 Å². The van der Waals surface area contributed by atoms with Gasteiger partial charge in [0.2, 0.25) is 0 Å². The lowest BCUT2D eigenvalue weighted by Crippen LogP contribution is -2.08. The maximum absolute atomic E-state index is 12.5. The topological polar surface area (TPSA) is 20.2 Å². The van der Waals surface area contributed by atoms with Gasteiger partial charge in [0.1, 0.15) is 0 Å². The molecule has 0 saturated heterocycles. The highest BCUT2D eigenvalue weighted by molar-refractivity contribution is 6.31. The summed E-state index contributed by atoms with van der Waals surface area (Å²) >= 11 is 5.79. The molecule has 1 aromatic carbocycles. The van der Waals surface area contributed by atoms with Crippen molar-refractivity contribution in [1.29, 1.82) is 0 Å². The SMILES string of the molecule is OC(c1cc(C(F)(F)F)ccc1Cl)C1CC1. The summed E-state index contributed by atoms with van der Waals surface area (Å²) in [4.78, 5) is 0. The minimum atomic E-state index is -4.40. The van der Waals surface area contributed by atoms with Crippen LogP contribution >= 0.6 is 11.6 Å². The molecule has 0 heterocycles. The van der Waals surface area contributed by atoms with Crippen molar-refractivity contribution in [3.63, 3.8) is 0 Å². The molecular weight excluding hydrogens is 241 g/mol. The first-order valence-electron chi connectivity index (χ1n) is 4.94. The van der Waals surface area contributed by atoms with E-state index in [4.69, 9.17) is 11.6 Å². The molecule has 1 aliphatic rings. The molecule has 0 aromatic heterocycles. The van der Waals surface area contributed by atoms with Crippen molar-refractivity contribution in [3.05, 3.63) is 34.3 Å². The Hall–Kier alpha value is -0.740. The van der Waals surface area contributed by atoms with Gasteiger partial charge < -0.3 is 5.11 Å². The van der Waals surface area contributed by atoms with Crippen LogP contribution < -0.4 is 0 Å². The molecule has 16 heavy (non-hydrogen) atoms. The third-order valence-electron chi connectivity index (χ3n) is 2.71. The summed E-state index contributed by atoms with van der Waals surface area (Å²) in [6, 6.07) is 3.04. The highest BCUT2D eigenvalue weighted by Gasteiger charge is 2.35. The predicted octanol–water partition coefficient (Wildman–Crippen LogP) is 3.80. The third-order valence-corrected chi connectivity index (χ3v) is 3.05. The second-order valence-corrected chi connectivity index (χ2v) is 4.42. The van der Waals surface area contributed by atoms with E-state index in [1.807, 2.05) is 0 Å². The third kappa shape index (κ3) is 2.33. The van der Waals surface area contributed by atoms with Gasteiger partial charge in [-0.1, -0.05) is 11.6 Å². The van der Waals surface area contributed by atoms with E-state index in [9.17, 15) is 18.3 Å². The van der Waals surface area contributed by atoms with Crippen molar-refractivity contribution in [2.75, 3.05) is 0 Å². The number of hydrogen-bond acceptors (Lipinski definition) is 1. The molecule has 1 unspecified atom stereocenters. The number of benzene rings is 1. The lowest BCUT2D eigenvalue weighted by Gasteiger charge is -2.14. The van der Waals surface area contributed by atoms with E-state index < -0.39 is 17.8 Å². The van der Waals surface area contributed by atoms with E-state index in [2.05, 4.69) is 0 Å². The molecule has 1 nitrogen and oxygen atoms in total. The Bertz CT molecular complexity index is 399. The van der Waals surface area contributed by atoms with Crippen LogP contribution in [-0.2, 0) is 6.18 Å². The molecule has 0 radical (unpaired) electrons. The summed E-state index contributed by atoms with van der Waals surface area (Å²) in [6.07, 6.45) is -3.60. The average molecular weight is 251 g/mol. The fourth-order valence-corrected chi connectivity index (χ4v) is 1.84. The standard InChI is InChI=1S/C11H10ClF3O/c12-9-4-3-7(11(13,14)15)5-8(9)10(16)6-1-2-6/h3-6,10,16H,1-2H2. The molecule has 0 amide bonds. The summed E-state index contributed by atoms with van der Waals surface area (Å²) in [5, 5.41) is 9.97. The van der Waals surface area contributed by atoms with Crippen molar-refractivity contribution in [2.45, 2.75) is 25.1 Å². The molecule has 1 aromatic rings. The fourth-order valence-electron chi connectivity index (χ4n) is 1.61. The first-order chi connectivity index (χ1) is 7.39. The Morgan fingerprint density at radius 2 is 1.94 bits per heavy atom. The van der Waals surface area contributed by atoms with Gasteiger partial charge in [0.15, 0.2) is 0 Å². The Morgan fingerprint density at radius 1 is 1.31 bits per heavy atom. The number of halogens is 4. The second-order valence-electron chi connectivity index (χ2n) is 4.02. The van der Waals surface area contributed by atoms with E-state index in [1.165, 1.54) is 6.07 Å². The highest BCUT2D eigenvalue weighted by atomic mass is 35.5. The van der Waals surface area contributed by atoms with Crippen molar-refractivity contribution in [1.82, 2.24) is 0 Å². The summed E-state index contributed by atoms with van der Waals surface area (Å²) < 4.78 is 37.4. The Kier molecular flexibility index (Phi) is 2.88. The molecule has 0 bridgehead atoms. The molecule has 2 rings (SSSR count).